The SMILES string of the molecule is CC(=O)N[C@H]1[C@@H](O)[C@@H](O)[C@H](CO)O[C@H]1O. The molecule has 88 valence electrons. The van der Waals surface area contributed by atoms with E-state index in [2.05, 4.69) is 5.32 Å². The summed E-state index contributed by atoms with van der Waals surface area (Å²) < 4.78 is 4.81. The van der Waals surface area contributed by atoms with E-state index in [1.165, 1.54) is 6.92 Å². The predicted octanol–water partition coefficient (Wildman–Crippen LogP) is -3.08. The molecule has 0 aromatic rings. The van der Waals surface area contributed by atoms with Gasteiger partial charge >= 0.3 is 0 Å². The molecule has 0 radical (unpaired) electrons. The van der Waals surface area contributed by atoms with Gasteiger partial charge in [0.2, 0.25) is 5.91 Å². The quantitative estimate of drug-likeness (QED) is 0.337. The van der Waals surface area contributed by atoms with Gasteiger partial charge in [-0.25, -0.2) is 0 Å². The molecule has 1 fully saturated rings. The van der Waals surface area contributed by atoms with Gasteiger partial charge in [-0.3, -0.25) is 4.79 Å². The van der Waals surface area contributed by atoms with Gasteiger partial charge in [-0.2, -0.15) is 0 Å². The summed E-state index contributed by atoms with van der Waals surface area (Å²) in [5.41, 5.74) is 0. The second kappa shape index (κ2) is 4.86. The number of hydrogen-bond acceptors (Lipinski definition) is 6. The molecule has 1 rings (SSSR count). The van der Waals surface area contributed by atoms with Gasteiger partial charge in [0.15, 0.2) is 6.29 Å². The molecule has 1 amide bonds. The number of ether oxygens (including phenoxy) is 1. The van der Waals surface area contributed by atoms with Crippen LogP contribution in [0.25, 0.3) is 0 Å². The lowest BCUT2D eigenvalue weighted by Crippen LogP contribution is -2.63. The van der Waals surface area contributed by atoms with Crippen LogP contribution in [0.5, 0.6) is 0 Å². The lowest BCUT2D eigenvalue weighted by Gasteiger charge is -2.40. The molecule has 7 heteroatoms. The first-order valence-corrected chi connectivity index (χ1v) is 4.55. The zero-order valence-corrected chi connectivity index (χ0v) is 8.20. The standard InChI is InChI=1S/C8H15NO6/c1-3(11)9-5-7(13)6(12)4(2-10)15-8(5)14/h4-8,10,12-14H,2H2,1H3,(H,9,11)/t4-,5-,6-,7+,8+/m0/s1. The average Bonchev–Trinajstić information content (AvgIpc) is 2.18. The second-order valence-electron chi connectivity index (χ2n) is 3.46. The maximum atomic E-state index is 10.7. The fourth-order valence-electron chi connectivity index (χ4n) is 1.49. The van der Waals surface area contributed by atoms with E-state index in [0.717, 1.165) is 0 Å². The summed E-state index contributed by atoms with van der Waals surface area (Å²) in [4.78, 5) is 10.7. The highest BCUT2D eigenvalue weighted by molar-refractivity contribution is 5.73. The molecule has 5 atom stereocenters. The minimum atomic E-state index is -1.45. The number of amides is 1. The molecule has 0 aliphatic carbocycles. The van der Waals surface area contributed by atoms with E-state index in [-0.39, 0.29) is 0 Å². The smallest absolute Gasteiger partial charge is 0.217 e. The van der Waals surface area contributed by atoms with Crippen LogP contribution in [-0.4, -0.2) is 63.6 Å². The molecule has 1 heterocycles. The van der Waals surface area contributed by atoms with Gasteiger partial charge in [0, 0.05) is 6.92 Å². The second-order valence-corrected chi connectivity index (χ2v) is 3.46. The van der Waals surface area contributed by atoms with Gasteiger partial charge in [-0.1, -0.05) is 0 Å². The first-order valence-electron chi connectivity index (χ1n) is 4.55. The summed E-state index contributed by atoms with van der Waals surface area (Å²) in [7, 11) is 0. The largest absolute Gasteiger partial charge is 0.394 e. The van der Waals surface area contributed by atoms with Crippen molar-refractivity contribution in [2.24, 2.45) is 0 Å². The summed E-state index contributed by atoms with van der Waals surface area (Å²) in [6.45, 7) is 0.687. The van der Waals surface area contributed by atoms with E-state index < -0.39 is 43.2 Å². The maximum absolute atomic E-state index is 10.7. The van der Waals surface area contributed by atoms with Crippen LogP contribution < -0.4 is 5.32 Å². The van der Waals surface area contributed by atoms with Crippen LogP contribution in [0.1, 0.15) is 6.92 Å². The molecule has 1 aliphatic heterocycles. The molecule has 1 saturated heterocycles. The van der Waals surface area contributed by atoms with Crippen LogP contribution in [0.3, 0.4) is 0 Å². The van der Waals surface area contributed by atoms with E-state index in [9.17, 15) is 20.1 Å². The van der Waals surface area contributed by atoms with Crippen molar-refractivity contribution in [1.82, 2.24) is 5.32 Å². The molecule has 7 nitrogen and oxygen atoms in total. The minimum Gasteiger partial charge on any atom is -0.394 e. The van der Waals surface area contributed by atoms with Crippen molar-refractivity contribution in [3.8, 4) is 0 Å². The highest BCUT2D eigenvalue weighted by atomic mass is 16.6. The van der Waals surface area contributed by atoms with Crippen LogP contribution >= 0.6 is 0 Å². The summed E-state index contributed by atoms with van der Waals surface area (Å²) in [6, 6.07) is -1.10. The third-order valence-electron chi connectivity index (χ3n) is 2.27. The Bertz CT molecular complexity index is 235. The molecular formula is C8H15NO6. The fraction of sp³-hybridized carbons (Fsp3) is 0.875. The average molecular weight is 221 g/mol. The lowest BCUT2D eigenvalue weighted by atomic mass is 9.97. The Labute approximate surface area is 86.3 Å². The van der Waals surface area contributed by atoms with Crippen molar-refractivity contribution in [1.29, 1.82) is 0 Å². The first-order chi connectivity index (χ1) is 6.97. The number of rotatable bonds is 2. The molecule has 0 unspecified atom stereocenters. The Morgan fingerprint density at radius 2 is 1.93 bits per heavy atom. The normalized spacial score (nSPS) is 41.3. The molecule has 1 aliphatic rings. The summed E-state index contributed by atoms with van der Waals surface area (Å²) >= 11 is 0. The van der Waals surface area contributed by atoms with Crippen LogP contribution in [0, 0.1) is 0 Å². The van der Waals surface area contributed by atoms with Gasteiger partial charge in [0.25, 0.3) is 0 Å². The number of aliphatic hydroxyl groups excluding tert-OH is 4. The Morgan fingerprint density at radius 3 is 2.40 bits per heavy atom. The molecule has 15 heavy (non-hydrogen) atoms. The van der Waals surface area contributed by atoms with E-state index in [1.807, 2.05) is 0 Å². The van der Waals surface area contributed by atoms with Gasteiger partial charge in [0.1, 0.15) is 24.4 Å². The number of aliphatic hydroxyl groups is 4. The topological polar surface area (TPSA) is 119 Å². The maximum Gasteiger partial charge on any atom is 0.217 e. The van der Waals surface area contributed by atoms with Crippen molar-refractivity contribution < 1.29 is 30.0 Å². The fourth-order valence-corrected chi connectivity index (χ4v) is 1.49. The highest BCUT2D eigenvalue weighted by Crippen LogP contribution is 2.19. The Balaban J connectivity index is 2.70. The number of carbonyl (C=O) groups is 1. The van der Waals surface area contributed by atoms with Crippen molar-refractivity contribution in [2.75, 3.05) is 6.61 Å². The van der Waals surface area contributed by atoms with Crippen LogP contribution in [0.4, 0.5) is 0 Å². The van der Waals surface area contributed by atoms with Crippen LogP contribution in [0.15, 0.2) is 0 Å². The van der Waals surface area contributed by atoms with E-state index >= 15 is 0 Å². The van der Waals surface area contributed by atoms with Gasteiger partial charge in [0.05, 0.1) is 6.61 Å². The molecule has 0 aromatic carbocycles. The number of carbonyl (C=O) groups excluding carboxylic acids is 1. The summed E-state index contributed by atoms with van der Waals surface area (Å²) in [5, 5.41) is 39.4. The summed E-state index contributed by atoms with van der Waals surface area (Å²) in [5.74, 6) is -0.462. The van der Waals surface area contributed by atoms with E-state index in [0.29, 0.717) is 0 Å². The third kappa shape index (κ3) is 2.64. The van der Waals surface area contributed by atoms with Crippen molar-refractivity contribution >= 4 is 5.91 Å². The minimum absolute atomic E-state index is 0.462. The molecule has 0 bridgehead atoms. The van der Waals surface area contributed by atoms with Gasteiger partial charge < -0.3 is 30.5 Å². The zero-order chi connectivity index (χ0) is 11.6. The highest BCUT2D eigenvalue weighted by Gasteiger charge is 2.43. The zero-order valence-electron chi connectivity index (χ0n) is 8.20. The number of nitrogens with one attached hydrogen (secondary N) is 1. The third-order valence-corrected chi connectivity index (χ3v) is 2.27. The summed E-state index contributed by atoms with van der Waals surface area (Å²) in [6.07, 6.45) is -5.24. The Hall–Kier alpha value is -0.730. The van der Waals surface area contributed by atoms with Crippen molar-refractivity contribution in [3.05, 3.63) is 0 Å². The van der Waals surface area contributed by atoms with Gasteiger partial charge in [-0.05, 0) is 0 Å². The van der Waals surface area contributed by atoms with Crippen LogP contribution in [0.2, 0.25) is 0 Å². The Morgan fingerprint density at radius 1 is 1.33 bits per heavy atom. The first kappa shape index (κ1) is 12.3. The lowest BCUT2D eigenvalue weighted by molar-refractivity contribution is -0.253. The van der Waals surface area contributed by atoms with Gasteiger partial charge in [-0.15, -0.1) is 0 Å². The van der Waals surface area contributed by atoms with Crippen LogP contribution in [-0.2, 0) is 9.53 Å². The predicted molar refractivity (Wildman–Crippen MR) is 47.6 cm³/mol. The molecule has 0 saturated carbocycles. The molecule has 0 aromatic heterocycles. The molecule has 5 N–H and O–H groups in total. The van der Waals surface area contributed by atoms with Crippen molar-refractivity contribution in [2.45, 2.75) is 37.6 Å². The molecule has 0 spiro atoms. The van der Waals surface area contributed by atoms with Crippen molar-refractivity contribution in [3.63, 3.8) is 0 Å². The Kier molecular flexibility index (Phi) is 4.00. The van der Waals surface area contributed by atoms with E-state index in [1.54, 1.807) is 0 Å². The number of hydrogen-bond donors (Lipinski definition) is 5. The monoisotopic (exact) mass is 221 g/mol. The molecular weight excluding hydrogens is 206 g/mol. The van der Waals surface area contributed by atoms with E-state index in [4.69, 9.17) is 9.84 Å².